The zero-order chi connectivity index (χ0) is 13.0. The van der Waals surface area contributed by atoms with Crippen molar-refractivity contribution in [2.45, 2.75) is 58.4 Å². The van der Waals surface area contributed by atoms with Crippen LogP contribution in [0.4, 0.5) is 0 Å². The molecule has 18 heavy (non-hydrogen) atoms. The van der Waals surface area contributed by atoms with Gasteiger partial charge in [0.2, 0.25) is 5.91 Å². The molecule has 1 atom stereocenters. The number of carbonyl (C=O) groups excluding carboxylic acids is 1. The first-order chi connectivity index (χ1) is 8.70. The molecule has 3 nitrogen and oxygen atoms in total. The Morgan fingerprint density at radius 1 is 1.17 bits per heavy atom. The molecule has 1 saturated heterocycles. The molecule has 1 heterocycles. The second-order valence-corrected chi connectivity index (χ2v) is 6.24. The van der Waals surface area contributed by atoms with E-state index in [1.165, 1.54) is 19.3 Å². The molecule has 0 radical (unpaired) electrons. The first-order valence-corrected chi connectivity index (χ1v) is 7.71. The van der Waals surface area contributed by atoms with Crippen LogP contribution in [-0.2, 0) is 4.79 Å². The summed E-state index contributed by atoms with van der Waals surface area (Å²) in [7, 11) is 0. The maximum absolute atomic E-state index is 12.7. The van der Waals surface area contributed by atoms with Crippen LogP contribution in [0.1, 0.15) is 52.4 Å². The number of hydrogen-bond donors (Lipinski definition) is 1. The van der Waals surface area contributed by atoms with E-state index in [0.717, 1.165) is 38.9 Å². The van der Waals surface area contributed by atoms with Gasteiger partial charge in [0.05, 0.1) is 0 Å². The molecule has 104 valence electrons. The fourth-order valence-corrected chi connectivity index (χ4v) is 3.35. The minimum Gasteiger partial charge on any atom is -0.338 e. The molecule has 1 N–H and O–H groups in total. The van der Waals surface area contributed by atoms with E-state index in [9.17, 15) is 4.79 Å². The van der Waals surface area contributed by atoms with Crippen molar-refractivity contribution in [1.82, 2.24) is 10.2 Å². The molecule has 0 aromatic heterocycles. The Kier molecular flexibility index (Phi) is 5.04. The van der Waals surface area contributed by atoms with Crippen LogP contribution in [0.2, 0.25) is 0 Å². The third-order valence-electron chi connectivity index (χ3n) is 4.51. The Morgan fingerprint density at radius 2 is 1.89 bits per heavy atom. The minimum absolute atomic E-state index is 0.318. The molecule has 2 aliphatic rings. The van der Waals surface area contributed by atoms with Gasteiger partial charge in [0.25, 0.3) is 0 Å². The fourth-order valence-electron chi connectivity index (χ4n) is 3.35. The highest BCUT2D eigenvalue weighted by Gasteiger charge is 2.32. The summed E-state index contributed by atoms with van der Waals surface area (Å²) in [6.45, 7) is 7.44. The van der Waals surface area contributed by atoms with Gasteiger partial charge < -0.3 is 10.2 Å². The molecule has 2 fully saturated rings. The zero-order valence-electron chi connectivity index (χ0n) is 12.0. The maximum Gasteiger partial charge on any atom is 0.225 e. The SMILES string of the molecule is CC(C)C1CNCCCN1C(=O)C1CCCCC1. The van der Waals surface area contributed by atoms with Gasteiger partial charge in [-0.25, -0.2) is 0 Å². The summed E-state index contributed by atoms with van der Waals surface area (Å²) in [6, 6.07) is 0.391. The molecule has 1 saturated carbocycles. The number of amides is 1. The van der Waals surface area contributed by atoms with E-state index < -0.39 is 0 Å². The van der Waals surface area contributed by atoms with E-state index in [1.54, 1.807) is 0 Å². The molecule has 0 aromatic rings. The first kappa shape index (κ1) is 13.9. The van der Waals surface area contributed by atoms with Gasteiger partial charge in [-0.2, -0.15) is 0 Å². The lowest BCUT2D eigenvalue weighted by Crippen LogP contribution is -2.49. The third-order valence-corrected chi connectivity index (χ3v) is 4.51. The topological polar surface area (TPSA) is 32.3 Å². The highest BCUT2D eigenvalue weighted by molar-refractivity contribution is 5.79. The van der Waals surface area contributed by atoms with Crippen LogP contribution in [0, 0.1) is 11.8 Å². The number of rotatable bonds is 2. The highest BCUT2D eigenvalue weighted by atomic mass is 16.2. The fraction of sp³-hybridized carbons (Fsp3) is 0.933. The van der Waals surface area contributed by atoms with E-state index in [1.807, 2.05) is 0 Å². The lowest BCUT2D eigenvalue weighted by molar-refractivity contribution is -0.139. The number of carbonyl (C=O) groups is 1. The molecule has 0 bridgehead atoms. The molecule has 1 aliphatic carbocycles. The summed E-state index contributed by atoms with van der Waals surface area (Å²) < 4.78 is 0. The molecule has 0 spiro atoms. The monoisotopic (exact) mass is 252 g/mol. The quantitative estimate of drug-likeness (QED) is 0.818. The zero-order valence-corrected chi connectivity index (χ0v) is 12.0. The second kappa shape index (κ2) is 6.55. The predicted molar refractivity (Wildman–Crippen MR) is 74.4 cm³/mol. The number of hydrogen-bond acceptors (Lipinski definition) is 2. The minimum atomic E-state index is 0.318. The molecule has 3 heteroatoms. The Labute approximate surface area is 111 Å². The largest absolute Gasteiger partial charge is 0.338 e. The summed E-state index contributed by atoms with van der Waals surface area (Å²) in [6.07, 6.45) is 7.14. The van der Waals surface area contributed by atoms with Gasteiger partial charge >= 0.3 is 0 Å². The van der Waals surface area contributed by atoms with Gasteiger partial charge in [0.1, 0.15) is 0 Å². The van der Waals surface area contributed by atoms with Gasteiger partial charge in [0.15, 0.2) is 0 Å². The summed E-state index contributed by atoms with van der Waals surface area (Å²) in [5, 5.41) is 3.47. The van der Waals surface area contributed by atoms with Crippen LogP contribution in [0.15, 0.2) is 0 Å². The lowest BCUT2D eigenvalue weighted by atomic mass is 9.87. The average Bonchev–Trinajstić information content (AvgIpc) is 2.64. The van der Waals surface area contributed by atoms with Crippen molar-refractivity contribution in [1.29, 1.82) is 0 Å². The molecule has 0 aromatic carbocycles. The van der Waals surface area contributed by atoms with Gasteiger partial charge in [-0.3, -0.25) is 4.79 Å². The number of nitrogens with one attached hydrogen (secondary N) is 1. The maximum atomic E-state index is 12.7. The molecule has 1 amide bonds. The van der Waals surface area contributed by atoms with Crippen molar-refractivity contribution >= 4 is 5.91 Å². The normalized spacial score (nSPS) is 27.3. The summed E-state index contributed by atoms with van der Waals surface area (Å²) in [5.74, 6) is 1.30. The van der Waals surface area contributed by atoms with Crippen LogP contribution in [-0.4, -0.2) is 36.5 Å². The standard InChI is InChI=1S/C15H28N2O/c1-12(2)14-11-16-9-6-10-17(14)15(18)13-7-4-3-5-8-13/h12-14,16H,3-11H2,1-2H3. The van der Waals surface area contributed by atoms with Crippen LogP contribution in [0.3, 0.4) is 0 Å². The molecule has 1 aliphatic heterocycles. The Morgan fingerprint density at radius 3 is 2.56 bits per heavy atom. The average molecular weight is 252 g/mol. The van der Waals surface area contributed by atoms with Crippen LogP contribution in [0.5, 0.6) is 0 Å². The molecular formula is C15H28N2O. The Hall–Kier alpha value is -0.570. The van der Waals surface area contributed by atoms with E-state index in [-0.39, 0.29) is 0 Å². The summed E-state index contributed by atoms with van der Waals surface area (Å²) in [5.41, 5.74) is 0. The van der Waals surface area contributed by atoms with E-state index >= 15 is 0 Å². The molecule has 1 unspecified atom stereocenters. The summed E-state index contributed by atoms with van der Waals surface area (Å²) >= 11 is 0. The molecule has 2 rings (SSSR count). The number of nitrogens with zero attached hydrogens (tertiary/aromatic N) is 1. The van der Waals surface area contributed by atoms with Crippen molar-refractivity contribution in [2.24, 2.45) is 11.8 Å². The van der Waals surface area contributed by atoms with Crippen LogP contribution in [0.25, 0.3) is 0 Å². The Balaban J connectivity index is 2.03. The van der Waals surface area contributed by atoms with E-state index in [2.05, 4.69) is 24.1 Å². The predicted octanol–water partition coefficient (Wildman–Crippen LogP) is 2.41. The van der Waals surface area contributed by atoms with Crippen LogP contribution < -0.4 is 5.32 Å². The second-order valence-electron chi connectivity index (χ2n) is 6.24. The first-order valence-electron chi connectivity index (χ1n) is 7.71. The van der Waals surface area contributed by atoms with Gasteiger partial charge in [-0.1, -0.05) is 33.1 Å². The van der Waals surface area contributed by atoms with Gasteiger partial charge in [-0.15, -0.1) is 0 Å². The van der Waals surface area contributed by atoms with Crippen molar-refractivity contribution in [3.8, 4) is 0 Å². The Bertz CT molecular complexity index is 272. The summed E-state index contributed by atoms with van der Waals surface area (Å²) in [4.78, 5) is 14.9. The van der Waals surface area contributed by atoms with Crippen molar-refractivity contribution in [2.75, 3.05) is 19.6 Å². The van der Waals surface area contributed by atoms with Crippen molar-refractivity contribution in [3.63, 3.8) is 0 Å². The van der Waals surface area contributed by atoms with Gasteiger partial charge in [0, 0.05) is 25.0 Å². The smallest absolute Gasteiger partial charge is 0.225 e. The van der Waals surface area contributed by atoms with Crippen LogP contribution >= 0.6 is 0 Å². The molecular weight excluding hydrogens is 224 g/mol. The highest BCUT2D eigenvalue weighted by Crippen LogP contribution is 2.27. The van der Waals surface area contributed by atoms with E-state index in [0.29, 0.717) is 23.8 Å². The van der Waals surface area contributed by atoms with E-state index in [4.69, 9.17) is 0 Å². The van der Waals surface area contributed by atoms with Gasteiger partial charge in [-0.05, 0) is 31.7 Å². The third kappa shape index (κ3) is 3.25. The lowest BCUT2D eigenvalue weighted by Gasteiger charge is -2.36. The van der Waals surface area contributed by atoms with Crippen molar-refractivity contribution in [3.05, 3.63) is 0 Å². The van der Waals surface area contributed by atoms with Crippen molar-refractivity contribution < 1.29 is 4.79 Å².